The van der Waals surface area contributed by atoms with E-state index in [1.807, 2.05) is 0 Å². The zero-order chi connectivity index (χ0) is 13.8. The highest BCUT2D eigenvalue weighted by molar-refractivity contribution is 5.68. The minimum absolute atomic E-state index is 0.197. The number of aliphatic hydroxyl groups excluding tert-OH is 1. The van der Waals surface area contributed by atoms with E-state index in [0.29, 0.717) is 28.7 Å². The Hall–Kier alpha value is -2.21. The maximum absolute atomic E-state index is 8.98. The molecular formula is C13H15NO5. The molecule has 0 radical (unpaired) electrons. The van der Waals surface area contributed by atoms with Gasteiger partial charge < -0.3 is 23.8 Å². The molecule has 1 N–H and O–H groups in total. The van der Waals surface area contributed by atoms with E-state index in [9.17, 15) is 0 Å². The first-order valence-electron chi connectivity index (χ1n) is 5.60. The molecule has 0 aliphatic carbocycles. The zero-order valence-corrected chi connectivity index (χ0v) is 11.0. The summed E-state index contributed by atoms with van der Waals surface area (Å²) in [5.41, 5.74) is 1.33. The molecular weight excluding hydrogens is 250 g/mol. The van der Waals surface area contributed by atoms with Crippen molar-refractivity contribution in [1.29, 1.82) is 0 Å². The molecule has 0 bridgehead atoms. The summed E-state index contributed by atoms with van der Waals surface area (Å²) >= 11 is 0. The van der Waals surface area contributed by atoms with Crippen LogP contribution >= 0.6 is 0 Å². The number of ether oxygens (including phenoxy) is 3. The molecule has 6 nitrogen and oxygen atoms in total. The molecule has 0 saturated carbocycles. The minimum atomic E-state index is -0.197. The van der Waals surface area contributed by atoms with Crippen molar-refractivity contribution in [1.82, 2.24) is 5.16 Å². The van der Waals surface area contributed by atoms with Crippen molar-refractivity contribution in [3.63, 3.8) is 0 Å². The third kappa shape index (κ3) is 2.48. The van der Waals surface area contributed by atoms with E-state index < -0.39 is 0 Å². The van der Waals surface area contributed by atoms with Gasteiger partial charge in [-0.2, -0.15) is 0 Å². The zero-order valence-electron chi connectivity index (χ0n) is 11.0. The minimum Gasteiger partial charge on any atom is -0.493 e. The molecule has 0 amide bonds. The summed E-state index contributed by atoms with van der Waals surface area (Å²) in [6.45, 7) is -0.197. The summed E-state index contributed by atoms with van der Waals surface area (Å²) in [6.07, 6.45) is 0. The van der Waals surface area contributed by atoms with Crippen LogP contribution in [-0.4, -0.2) is 31.6 Å². The van der Waals surface area contributed by atoms with E-state index in [0.717, 1.165) is 5.56 Å². The van der Waals surface area contributed by atoms with Crippen LogP contribution in [0.3, 0.4) is 0 Å². The van der Waals surface area contributed by atoms with Gasteiger partial charge in [0.05, 0.1) is 21.3 Å². The van der Waals surface area contributed by atoms with Gasteiger partial charge in [0.15, 0.2) is 17.3 Å². The van der Waals surface area contributed by atoms with Crippen molar-refractivity contribution < 1.29 is 23.8 Å². The largest absolute Gasteiger partial charge is 0.493 e. The molecule has 0 spiro atoms. The smallest absolute Gasteiger partial charge is 0.203 e. The number of nitrogens with zero attached hydrogens (tertiary/aromatic N) is 1. The highest BCUT2D eigenvalue weighted by Gasteiger charge is 2.16. The molecule has 1 heterocycles. The molecule has 0 atom stereocenters. The highest BCUT2D eigenvalue weighted by atomic mass is 16.5. The monoisotopic (exact) mass is 265 g/mol. The van der Waals surface area contributed by atoms with E-state index in [1.165, 1.54) is 0 Å². The first-order valence-corrected chi connectivity index (χ1v) is 5.60. The summed E-state index contributed by atoms with van der Waals surface area (Å²) in [5.74, 6) is 1.97. The number of methoxy groups -OCH3 is 3. The highest BCUT2D eigenvalue weighted by Crippen LogP contribution is 2.40. The van der Waals surface area contributed by atoms with Gasteiger partial charge in [-0.1, -0.05) is 5.16 Å². The van der Waals surface area contributed by atoms with Crippen LogP contribution in [0.25, 0.3) is 11.3 Å². The van der Waals surface area contributed by atoms with E-state index in [-0.39, 0.29) is 6.61 Å². The molecule has 0 aliphatic rings. The average molecular weight is 265 g/mol. The summed E-state index contributed by atoms with van der Waals surface area (Å²) < 4.78 is 20.7. The lowest BCUT2D eigenvalue weighted by Gasteiger charge is -2.13. The Bertz CT molecular complexity index is 539. The van der Waals surface area contributed by atoms with Gasteiger partial charge in [-0.3, -0.25) is 0 Å². The van der Waals surface area contributed by atoms with Gasteiger partial charge in [0.25, 0.3) is 0 Å². The van der Waals surface area contributed by atoms with Crippen LogP contribution in [0.4, 0.5) is 0 Å². The van der Waals surface area contributed by atoms with Crippen LogP contribution < -0.4 is 14.2 Å². The summed E-state index contributed by atoms with van der Waals surface area (Å²) in [4.78, 5) is 0. The van der Waals surface area contributed by atoms with Gasteiger partial charge in [0, 0.05) is 11.6 Å². The number of hydrogen-bond acceptors (Lipinski definition) is 6. The number of rotatable bonds is 5. The van der Waals surface area contributed by atoms with E-state index in [1.54, 1.807) is 39.5 Å². The fraction of sp³-hybridized carbons (Fsp3) is 0.308. The first kappa shape index (κ1) is 13.2. The van der Waals surface area contributed by atoms with Gasteiger partial charge in [-0.15, -0.1) is 0 Å². The second-order valence-corrected chi connectivity index (χ2v) is 3.75. The molecule has 1 aromatic heterocycles. The van der Waals surface area contributed by atoms with Crippen LogP contribution in [-0.2, 0) is 6.61 Å². The van der Waals surface area contributed by atoms with Gasteiger partial charge in [-0.05, 0) is 12.1 Å². The fourth-order valence-corrected chi connectivity index (χ4v) is 1.75. The second kappa shape index (κ2) is 5.62. The molecule has 1 aromatic carbocycles. The van der Waals surface area contributed by atoms with E-state index in [2.05, 4.69) is 5.16 Å². The predicted molar refractivity (Wildman–Crippen MR) is 67.5 cm³/mol. The van der Waals surface area contributed by atoms with Crippen molar-refractivity contribution in [2.24, 2.45) is 0 Å². The van der Waals surface area contributed by atoms with Crippen LogP contribution in [0.1, 0.15) is 5.76 Å². The third-order valence-electron chi connectivity index (χ3n) is 2.68. The number of aliphatic hydroxyl groups is 1. The fourth-order valence-electron chi connectivity index (χ4n) is 1.75. The normalized spacial score (nSPS) is 10.3. The lowest BCUT2D eigenvalue weighted by Crippen LogP contribution is -1.95. The topological polar surface area (TPSA) is 74.0 Å². The number of hydrogen-bond donors (Lipinski definition) is 1. The molecule has 2 aromatic rings. The van der Waals surface area contributed by atoms with Gasteiger partial charge in [0.1, 0.15) is 12.3 Å². The predicted octanol–water partition coefficient (Wildman–Crippen LogP) is 1.86. The molecule has 0 aliphatic heterocycles. The Morgan fingerprint density at radius 1 is 1.05 bits per heavy atom. The van der Waals surface area contributed by atoms with Gasteiger partial charge in [-0.25, -0.2) is 0 Å². The van der Waals surface area contributed by atoms with Crippen LogP contribution in [0.15, 0.2) is 22.7 Å². The van der Waals surface area contributed by atoms with Crippen molar-refractivity contribution in [2.75, 3.05) is 21.3 Å². The van der Waals surface area contributed by atoms with Crippen molar-refractivity contribution >= 4 is 0 Å². The van der Waals surface area contributed by atoms with E-state index in [4.69, 9.17) is 23.8 Å². The Labute approximate surface area is 110 Å². The second-order valence-electron chi connectivity index (χ2n) is 3.75. The van der Waals surface area contributed by atoms with Gasteiger partial charge >= 0.3 is 0 Å². The van der Waals surface area contributed by atoms with Crippen LogP contribution in [0, 0.1) is 0 Å². The van der Waals surface area contributed by atoms with Crippen molar-refractivity contribution in [3.8, 4) is 28.5 Å². The molecule has 0 saturated heterocycles. The van der Waals surface area contributed by atoms with Crippen LogP contribution in [0.5, 0.6) is 17.2 Å². The first-order chi connectivity index (χ1) is 9.23. The quantitative estimate of drug-likeness (QED) is 0.889. The van der Waals surface area contributed by atoms with Gasteiger partial charge in [0.2, 0.25) is 5.75 Å². The summed E-state index contributed by atoms with van der Waals surface area (Å²) in [7, 11) is 4.63. The lowest BCUT2D eigenvalue weighted by atomic mass is 10.1. The Kier molecular flexibility index (Phi) is 3.91. The number of aromatic nitrogens is 1. The standard InChI is InChI=1S/C13H15NO5/c1-16-11-4-8(5-12(17-2)13(11)18-3)10-6-9(7-15)19-14-10/h4-6,15H,7H2,1-3H3. The third-order valence-corrected chi connectivity index (χ3v) is 2.68. The molecule has 6 heteroatoms. The maximum atomic E-state index is 8.98. The maximum Gasteiger partial charge on any atom is 0.203 e. The molecule has 0 fully saturated rings. The summed E-state index contributed by atoms with van der Waals surface area (Å²) in [5, 5.41) is 12.9. The average Bonchev–Trinajstić information content (AvgIpc) is 2.94. The Morgan fingerprint density at radius 3 is 2.11 bits per heavy atom. The molecule has 19 heavy (non-hydrogen) atoms. The molecule has 0 unspecified atom stereocenters. The Balaban J connectivity index is 2.51. The Morgan fingerprint density at radius 2 is 1.68 bits per heavy atom. The molecule has 2 rings (SSSR count). The summed E-state index contributed by atoms with van der Waals surface area (Å²) in [6, 6.07) is 5.18. The SMILES string of the molecule is COc1cc(-c2cc(CO)on2)cc(OC)c1OC. The van der Waals surface area contributed by atoms with E-state index >= 15 is 0 Å². The van der Waals surface area contributed by atoms with Crippen molar-refractivity contribution in [2.45, 2.75) is 6.61 Å². The van der Waals surface area contributed by atoms with Crippen molar-refractivity contribution in [3.05, 3.63) is 24.0 Å². The van der Waals surface area contributed by atoms with Crippen LogP contribution in [0.2, 0.25) is 0 Å². The number of benzene rings is 1. The molecule has 102 valence electrons. The lowest BCUT2D eigenvalue weighted by molar-refractivity contribution is 0.229.